The van der Waals surface area contributed by atoms with Crippen molar-refractivity contribution in [3.63, 3.8) is 0 Å². The zero-order valence-corrected chi connectivity index (χ0v) is 15.4. The number of hydrogen-bond acceptors (Lipinski definition) is 6. The summed E-state index contributed by atoms with van der Waals surface area (Å²) in [5.74, 6) is -0.817. The van der Waals surface area contributed by atoms with Crippen LogP contribution in [0.5, 0.6) is 11.5 Å². The van der Waals surface area contributed by atoms with Crippen LogP contribution in [0.1, 0.15) is 11.1 Å². The predicted molar refractivity (Wildman–Crippen MR) is 110 cm³/mol. The molecule has 6 nitrogen and oxygen atoms in total. The second-order valence-corrected chi connectivity index (χ2v) is 6.38. The topological polar surface area (TPSA) is 75.1 Å². The summed E-state index contributed by atoms with van der Waals surface area (Å²) >= 11 is 0. The molecule has 1 aliphatic rings. The molecule has 0 amide bonds. The number of phenols is 1. The van der Waals surface area contributed by atoms with Crippen molar-refractivity contribution in [2.24, 2.45) is 4.99 Å². The Morgan fingerprint density at radius 1 is 1.04 bits per heavy atom. The SMILES string of the molecule is COc1cc2c(cc1O)C(Nc1ccccc1)(OCc1ccccc1)N=CN2. The molecule has 1 heterocycles. The van der Waals surface area contributed by atoms with Crippen LogP contribution in [0.25, 0.3) is 0 Å². The van der Waals surface area contributed by atoms with Crippen LogP contribution in [0.3, 0.4) is 0 Å². The predicted octanol–water partition coefficient (Wildman–Crippen LogP) is 4.29. The van der Waals surface area contributed by atoms with Gasteiger partial charge in [0.2, 0.25) is 0 Å². The maximum absolute atomic E-state index is 10.4. The van der Waals surface area contributed by atoms with E-state index in [0.717, 1.165) is 16.9 Å². The third-order valence-electron chi connectivity index (χ3n) is 4.53. The van der Waals surface area contributed by atoms with E-state index in [2.05, 4.69) is 15.6 Å². The second kappa shape index (κ2) is 7.62. The summed E-state index contributed by atoms with van der Waals surface area (Å²) in [5, 5.41) is 16.8. The summed E-state index contributed by atoms with van der Waals surface area (Å²) in [5.41, 5.74) is 3.26. The van der Waals surface area contributed by atoms with Crippen molar-refractivity contribution in [2.75, 3.05) is 17.7 Å². The van der Waals surface area contributed by atoms with E-state index in [9.17, 15) is 5.11 Å². The second-order valence-electron chi connectivity index (χ2n) is 6.38. The first-order valence-electron chi connectivity index (χ1n) is 8.93. The number of para-hydroxylation sites is 1. The smallest absolute Gasteiger partial charge is 0.268 e. The van der Waals surface area contributed by atoms with E-state index in [4.69, 9.17) is 9.47 Å². The van der Waals surface area contributed by atoms with Gasteiger partial charge in [0.05, 0.1) is 31.3 Å². The van der Waals surface area contributed by atoms with Crippen molar-refractivity contribution in [1.29, 1.82) is 0 Å². The van der Waals surface area contributed by atoms with E-state index >= 15 is 0 Å². The third-order valence-corrected chi connectivity index (χ3v) is 4.53. The number of anilines is 2. The van der Waals surface area contributed by atoms with Gasteiger partial charge in [0.25, 0.3) is 5.85 Å². The maximum Gasteiger partial charge on any atom is 0.268 e. The zero-order chi connectivity index (χ0) is 19.4. The van der Waals surface area contributed by atoms with Crippen molar-refractivity contribution >= 4 is 17.7 Å². The molecule has 0 spiro atoms. The summed E-state index contributed by atoms with van der Waals surface area (Å²) in [6.45, 7) is 0.338. The molecule has 4 rings (SSSR count). The van der Waals surface area contributed by atoms with E-state index in [1.54, 1.807) is 18.5 Å². The number of ether oxygens (including phenoxy) is 2. The minimum Gasteiger partial charge on any atom is -0.504 e. The number of nitrogens with one attached hydrogen (secondary N) is 2. The van der Waals surface area contributed by atoms with Gasteiger partial charge in [0.1, 0.15) is 0 Å². The molecule has 142 valence electrons. The molecule has 0 radical (unpaired) electrons. The monoisotopic (exact) mass is 375 g/mol. The van der Waals surface area contributed by atoms with Crippen LogP contribution < -0.4 is 15.4 Å². The van der Waals surface area contributed by atoms with Crippen molar-refractivity contribution < 1.29 is 14.6 Å². The molecular weight excluding hydrogens is 354 g/mol. The van der Waals surface area contributed by atoms with Gasteiger partial charge in [-0.1, -0.05) is 48.5 Å². The molecule has 0 aliphatic carbocycles. The molecule has 0 saturated heterocycles. The van der Waals surface area contributed by atoms with Gasteiger partial charge >= 0.3 is 0 Å². The Kier molecular flexibility index (Phi) is 4.87. The van der Waals surface area contributed by atoms with Gasteiger partial charge in [-0.2, -0.15) is 0 Å². The Balaban J connectivity index is 1.76. The van der Waals surface area contributed by atoms with Crippen LogP contribution >= 0.6 is 0 Å². The Morgan fingerprint density at radius 2 is 1.75 bits per heavy atom. The molecular formula is C22H21N3O3. The van der Waals surface area contributed by atoms with Crippen LogP contribution in [-0.4, -0.2) is 18.6 Å². The largest absolute Gasteiger partial charge is 0.504 e. The standard InChI is InChI=1S/C22H21N3O3/c1-27-21-13-19-18(12-20(21)26)22(24-15-23-19,25-17-10-6-3-7-11-17)28-14-16-8-4-2-5-9-16/h2-13,15,25-26H,14H2,1H3,(H,23,24). The fourth-order valence-corrected chi connectivity index (χ4v) is 3.12. The van der Waals surface area contributed by atoms with Crippen molar-refractivity contribution in [1.82, 2.24) is 0 Å². The van der Waals surface area contributed by atoms with Gasteiger partial charge in [-0.25, -0.2) is 4.99 Å². The lowest BCUT2D eigenvalue weighted by molar-refractivity contribution is -0.0336. The average Bonchev–Trinajstić information content (AvgIpc) is 2.74. The number of aliphatic imine (C=N–C) groups is 1. The Bertz CT molecular complexity index is 977. The van der Waals surface area contributed by atoms with Crippen molar-refractivity contribution in [3.8, 4) is 11.5 Å². The lowest BCUT2D eigenvalue weighted by atomic mass is 10.0. The quantitative estimate of drug-likeness (QED) is 0.443. The van der Waals surface area contributed by atoms with Gasteiger partial charge in [-0.3, -0.25) is 0 Å². The molecule has 3 aromatic rings. The Morgan fingerprint density at radius 3 is 2.46 bits per heavy atom. The fourth-order valence-electron chi connectivity index (χ4n) is 3.12. The Labute approximate surface area is 163 Å². The summed E-state index contributed by atoms with van der Waals surface area (Å²) in [6.07, 6.45) is 1.58. The number of hydrogen-bond donors (Lipinski definition) is 3. The van der Waals surface area contributed by atoms with Gasteiger partial charge in [-0.15, -0.1) is 0 Å². The Hall–Kier alpha value is -3.51. The van der Waals surface area contributed by atoms with E-state index in [1.165, 1.54) is 7.11 Å². The minimum atomic E-state index is -1.21. The number of benzene rings is 3. The van der Waals surface area contributed by atoms with Crippen LogP contribution in [0.2, 0.25) is 0 Å². The minimum absolute atomic E-state index is 0.0164. The normalized spacial score (nSPS) is 17.5. The van der Waals surface area contributed by atoms with E-state index in [0.29, 0.717) is 17.9 Å². The molecule has 0 bridgehead atoms. The number of fused-ring (bicyclic) bond motifs is 1. The van der Waals surface area contributed by atoms with Gasteiger partial charge in [-0.05, 0) is 23.8 Å². The van der Waals surface area contributed by atoms with Gasteiger partial charge in [0, 0.05) is 11.8 Å². The molecule has 28 heavy (non-hydrogen) atoms. The number of aromatic hydroxyl groups is 1. The van der Waals surface area contributed by atoms with Crippen LogP contribution in [0.15, 0.2) is 77.8 Å². The highest BCUT2D eigenvalue weighted by Gasteiger charge is 2.38. The summed E-state index contributed by atoms with van der Waals surface area (Å²) in [7, 11) is 1.51. The lowest BCUT2D eigenvalue weighted by Crippen LogP contribution is -2.39. The average molecular weight is 375 g/mol. The highest BCUT2D eigenvalue weighted by molar-refractivity contribution is 5.83. The van der Waals surface area contributed by atoms with Gasteiger partial charge < -0.3 is 25.2 Å². The highest BCUT2D eigenvalue weighted by Crippen LogP contribution is 2.42. The summed E-state index contributed by atoms with van der Waals surface area (Å²) in [4.78, 5) is 4.59. The molecule has 3 N–H and O–H groups in total. The van der Waals surface area contributed by atoms with Crippen molar-refractivity contribution in [3.05, 3.63) is 83.9 Å². The number of methoxy groups -OCH3 is 1. The maximum atomic E-state index is 10.4. The molecule has 1 aliphatic heterocycles. The fraction of sp³-hybridized carbons (Fsp3) is 0.136. The van der Waals surface area contributed by atoms with Crippen LogP contribution in [0, 0.1) is 0 Å². The molecule has 6 heteroatoms. The molecule has 3 aromatic carbocycles. The number of phenolic OH excluding ortho intramolecular Hbond substituents is 1. The first-order valence-corrected chi connectivity index (χ1v) is 8.93. The van der Waals surface area contributed by atoms with Gasteiger partial charge in [0.15, 0.2) is 11.5 Å². The molecule has 1 atom stereocenters. The first kappa shape index (κ1) is 17.9. The number of rotatable bonds is 6. The summed E-state index contributed by atoms with van der Waals surface area (Å²) in [6, 6.07) is 22.9. The highest BCUT2D eigenvalue weighted by atomic mass is 16.5. The van der Waals surface area contributed by atoms with E-state index in [-0.39, 0.29) is 5.75 Å². The van der Waals surface area contributed by atoms with E-state index in [1.807, 2.05) is 60.7 Å². The first-order chi connectivity index (χ1) is 13.7. The van der Waals surface area contributed by atoms with E-state index < -0.39 is 5.85 Å². The van der Waals surface area contributed by atoms with Crippen LogP contribution in [0.4, 0.5) is 11.4 Å². The van der Waals surface area contributed by atoms with Crippen molar-refractivity contribution in [2.45, 2.75) is 12.5 Å². The molecule has 1 unspecified atom stereocenters. The van der Waals surface area contributed by atoms with Crippen LogP contribution in [-0.2, 0) is 17.2 Å². The zero-order valence-electron chi connectivity index (χ0n) is 15.4. The third kappa shape index (κ3) is 3.50. The molecule has 0 fully saturated rings. The molecule has 0 aromatic heterocycles. The number of nitrogens with zero attached hydrogens (tertiary/aromatic N) is 1. The lowest BCUT2D eigenvalue weighted by Gasteiger charge is -2.36. The summed E-state index contributed by atoms with van der Waals surface area (Å²) < 4.78 is 11.5. The molecule has 0 saturated carbocycles.